The van der Waals surface area contributed by atoms with Crippen LogP contribution in [0.4, 0.5) is 5.69 Å². The van der Waals surface area contributed by atoms with Crippen molar-refractivity contribution in [3.63, 3.8) is 0 Å². The predicted octanol–water partition coefficient (Wildman–Crippen LogP) is 3.87. The van der Waals surface area contributed by atoms with Gasteiger partial charge in [0.1, 0.15) is 0 Å². The number of benzene rings is 2. The number of carbonyl (C=O) groups excluding carboxylic acids is 2. The summed E-state index contributed by atoms with van der Waals surface area (Å²) < 4.78 is 1.01. The number of hydrogen-bond donors (Lipinski definition) is 1. The van der Waals surface area contributed by atoms with Crippen LogP contribution in [0.3, 0.4) is 0 Å². The molecule has 2 aromatic rings. The lowest BCUT2D eigenvalue weighted by Gasteiger charge is -2.31. The Bertz CT molecular complexity index is 723. The first-order valence-electron chi connectivity index (χ1n) is 8.50. The molecule has 0 radical (unpaired) electrons. The van der Waals surface area contributed by atoms with Gasteiger partial charge in [0, 0.05) is 29.2 Å². The maximum absolute atomic E-state index is 12.4. The van der Waals surface area contributed by atoms with E-state index >= 15 is 0 Å². The monoisotopic (exact) mass is 400 g/mol. The highest BCUT2D eigenvalue weighted by Gasteiger charge is 2.27. The minimum absolute atomic E-state index is 0.0306. The maximum atomic E-state index is 12.4. The third-order valence-electron chi connectivity index (χ3n) is 4.53. The van der Waals surface area contributed by atoms with Gasteiger partial charge in [-0.25, -0.2) is 0 Å². The molecule has 25 heavy (non-hydrogen) atoms. The number of nitrogens with one attached hydrogen (secondary N) is 1. The van der Waals surface area contributed by atoms with Crippen LogP contribution in [0.5, 0.6) is 0 Å². The lowest BCUT2D eigenvalue weighted by molar-refractivity contribution is -0.133. The summed E-state index contributed by atoms with van der Waals surface area (Å²) in [5.74, 6) is 0.146. The number of nitrogens with zero attached hydrogens (tertiary/aromatic N) is 1. The van der Waals surface area contributed by atoms with E-state index in [1.165, 1.54) is 0 Å². The molecule has 0 aromatic heterocycles. The largest absolute Gasteiger partial charge is 0.342 e. The molecule has 0 saturated carbocycles. The summed E-state index contributed by atoms with van der Waals surface area (Å²) in [5, 5.41) is 2.95. The molecule has 0 spiro atoms. The predicted molar refractivity (Wildman–Crippen MR) is 102 cm³/mol. The Morgan fingerprint density at radius 3 is 2.28 bits per heavy atom. The fourth-order valence-corrected chi connectivity index (χ4v) is 3.31. The number of carbonyl (C=O) groups is 2. The topological polar surface area (TPSA) is 49.4 Å². The van der Waals surface area contributed by atoms with Crippen LogP contribution in [0.15, 0.2) is 59.1 Å². The zero-order valence-corrected chi connectivity index (χ0v) is 15.5. The number of anilines is 1. The summed E-state index contributed by atoms with van der Waals surface area (Å²) >= 11 is 3.40. The SMILES string of the molecule is O=C(Nc1ccccc1)C1CCN(C(=O)Cc2ccc(Br)cc2)CC1. The van der Waals surface area contributed by atoms with Crippen molar-refractivity contribution < 1.29 is 9.59 Å². The van der Waals surface area contributed by atoms with E-state index in [4.69, 9.17) is 0 Å². The molecule has 130 valence electrons. The molecule has 1 heterocycles. The van der Waals surface area contributed by atoms with Crippen LogP contribution >= 0.6 is 15.9 Å². The Morgan fingerprint density at radius 1 is 1.00 bits per heavy atom. The summed E-state index contributed by atoms with van der Waals surface area (Å²) in [5.41, 5.74) is 1.83. The summed E-state index contributed by atoms with van der Waals surface area (Å²) in [7, 11) is 0. The van der Waals surface area contributed by atoms with Gasteiger partial charge in [-0.3, -0.25) is 9.59 Å². The maximum Gasteiger partial charge on any atom is 0.227 e. The average Bonchev–Trinajstić information content (AvgIpc) is 2.64. The second-order valence-electron chi connectivity index (χ2n) is 6.31. The minimum atomic E-state index is -0.0306. The van der Waals surface area contributed by atoms with Crippen molar-refractivity contribution in [2.75, 3.05) is 18.4 Å². The third-order valence-corrected chi connectivity index (χ3v) is 5.06. The molecule has 4 nitrogen and oxygen atoms in total. The molecule has 5 heteroatoms. The highest BCUT2D eigenvalue weighted by Crippen LogP contribution is 2.20. The highest BCUT2D eigenvalue weighted by atomic mass is 79.9. The van der Waals surface area contributed by atoms with Gasteiger partial charge >= 0.3 is 0 Å². The molecule has 0 unspecified atom stereocenters. The number of amides is 2. The molecule has 1 aliphatic rings. The molecular formula is C20H21BrN2O2. The van der Waals surface area contributed by atoms with Crippen molar-refractivity contribution in [3.8, 4) is 0 Å². The van der Waals surface area contributed by atoms with E-state index in [9.17, 15) is 9.59 Å². The first-order valence-corrected chi connectivity index (χ1v) is 9.29. The van der Waals surface area contributed by atoms with E-state index in [1.807, 2.05) is 59.5 Å². The van der Waals surface area contributed by atoms with Crippen molar-refractivity contribution in [1.29, 1.82) is 0 Å². The Hall–Kier alpha value is -2.14. The molecule has 2 amide bonds. The van der Waals surface area contributed by atoms with E-state index < -0.39 is 0 Å². The minimum Gasteiger partial charge on any atom is -0.342 e. The summed E-state index contributed by atoms with van der Waals surface area (Å²) in [6, 6.07) is 17.3. The van der Waals surface area contributed by atoms with Crippen LogP contribution < -0.4 is 5.32 Å². The molecule has 0 aliphatic carbocycles. The quantitative estimate of drug-likeness (QED) is 0.846. The van der Waals surface area contributed by atoms with Crippen LogP contribution in [0.1, 0.15) is 18.4 Å². The van der Waals surface area contributed by atoms with Gasteiger partial charge in [0.25, 0.3) is 0 Å². The fourth-order valence-electron chi connectivity index (χ4n) is 3.05. The van der Waals surface area contributed by atoms with Gasteiger partial charge in [-0.15, -0.1) is 0 Å². The Labute approximate surface area is 156 Å². The first kappa shape index (κ1) is 17.7. The van der Waals surface area contributed by atoms with Crippen LogP contribution in [0.25, 0.3) is 0 Å². The molecule has 1 aliphatic heterocycles. The molecule has 1 fully saturated rings. The van der Waals surface area contributed by atoms with Crippen molar-refractivity contribution in [1.82, 2.24) is 4.90 Å². The zero-order chi connectivity index (χ0) is 17.6. The number of halogens is 1. The molecular weight excluding hydrogens is 380 g/mol. The van der Waals surface area contributed by atoms with Crippen molar-refractivity contribution in [2.24, 2.45) is 5.92 Å². The van der Waals surface area contributed by atoms with Crippen LogP contribution in [0, 0.1) is 5.92 Å². The molecule has 2 aromatic carbocycles. The van der Waals surface area contributed by atoms with Crippen molar-refractivity contribution >= 4 is 33.4 Å². The lowest BCUT2D eigenvalue weighted by Crippen LogP contribution is -2.42. The molecule has 1 N–H and O–H groups in total. The van der Waals surface area contributed by atoms with Crippen LogP contribution in [-0.4, -0.2) is 29.8 Å². The highest BCUT2D eigenvalue weighted by molar-refractivity contribution is 9.10. The second-order valence-corrected chi connectivity index (χ2v) is 7.23. The van der Waals surface area contributed by atoms with E-state index in [0.29, 0.717) is 32.4 Å². The Morgan fingerprint density at radius 2 is 1.64 bits per heavy atom. The summed E-state index contributed by atoms with van der Waals surface area (Å²) in [6.45, 7) is 1.28. The van der Waals surface area contributed by atoms with Crippen LogP contribution in [-0.2, 0) is 16.0 Å². The average molecular weight is 401 g/mol. The first-order chi connectivity index (χ1) is 12.1. The summed E-state index contributed by atoms with van der Waals surface area (Å²) in [6.07, 6.45) is 1.84. The molecule has 0 bridgehead atoms. The molecule has 3 rings (SSSR count). The van der Waals surface area contributed by atoms with Gasteiger partial charge in [0.2, 0.25) is 11.8 Å². The van der Waals surface area contributed by atoms with Crippen LogP contribution in [0.2, 0.25) is 0 Å². The zero-order valence-electron chi connectivity index (χ0n) is 14.0. The normalized spacial score (nSPS) is 15.0. The molecule has 1 saturated heterocycles. The van der Waals surface area contributed by atoms with Gasteiger partial charge in [-0.2, -0.15) is 0 Å². The van der Waals surface area contributed by atoms with E-state index in [0.717, 1.165) is 15.7 Å². The van der Waals surface area contributed by atoms with E-state index in [-0.39, 0.29) is 17.7 Å². The number of hydrogen-bond acceptors (Lipinski definition) is 2. The van der Waals surface area contributed by atoms with E-state index in [2.05, 4.69) is 21.2 Å². The third kappa shape index (κ3) is 4.92. The van der Waals surface area contributed by atoms with Gasteiger partial charge in [-0.1, -0.05) is 46.3 Å². The second kappa shape index (κ2) is 8.30. The Balaban J connectivity index is 1.48. The standard InChI is InChI=1S/C20H21BrN2O2/c21-17-8-6-15(7-9-17)14-19(24)23-12-10-16(11-13-23)20(25)22-18-4-2-1-3-5-18/h1-9,16H,10-14H2,(H,22,25). The fraction of sp³-hybridized carbons (Fsp3) is 0.300. The smallest absolute Gasteiger partial charge is 0.227 e. The lowest BCUT2D eigenvalue weighted by atomic mass is 9.95. The van der Waals surface area contributed by atoms with Gasteiger partial charge in [-0.05, 0) is 42.7 Å². The van der Waals surface area contributed by atoms with Crippen molar-refractivity contribution in [2.45, 2.75) is 19.3 Å². The summed E-state index contributed by atoms with van der Waals surface area (Å²) in [4.78, 5) is 26.7. The van der Waals surface area contributed by atoms with Gasteiger partial charge < -0.3 is 10.2 Å². The molecule has 0 atom stereocenters. The van der Waals surface area contributed by atoms with Gasteiger partial charge in [0.05, 0.1) is 6.42 Å². The number of piperidine rings is 1. The number of para-hydroxylation sites is 1. The number of rotatable bonds is 4. The van der Waals surface area contributed by atoms with Crippen molar-refractivity contribution in [3.05, 3.63) is 64.6 Å². The Kier molecular flexibility index (Phi) is 5.87. The number of likely N-dealkylation sites (tertiary alicyclic amines) is 1. The van der Waals surface area contributed by atoms with E-state index in [1.54, 1.807) is 0 Å². The van der Waals surface area contributed by atoms with Gasteiger partial charge in [0.15, 0.2) is 0 Å².